The van der Waals surface area contributed by atoms with Gasteiger partial charge in [0.25, 0.3) is 5.91 Å². The zero-order valence-corrected chi connectivity index (χ0v) is 8.49. The van der Waals surface area contributed by atoms with E-state index in [0.717, 1.165) is 6.42 Å². The van der Waals surface area contributed by atoms with E-state index in [4.69, 9.17) is 4.84 Å². The van der Waals surface area contributed by atoms with E-state index >= 15 is 0 Å². The molecule has 3 nitrogen and oxygen atoms in total. The number of nitrogens with zero attached hydrogens (tertiary/aromatic N) is 1. The smallest absolute Gasteiger partial charge is 0.269 e. The highest BCUT2D eigenvalue weighted by molar-refractivity contribution is 5.86. The summed E-state index contributed by atoms with van der Waals surface area (Å²) in [5.41, 5.74) is 0. The molecule has 0 spiro atoms. The second-order valence-corrected chi connectivity index (χ2v) is 2.88. The molecule has 0 rings (SSSR count). The third kappa shape index (κ3) is 5.20. The molecule has 0 saturated carbocycles. The summed E-state index contributed by atoms with van der Waals surface area (Å²) in [6.45, 7) is 5.65. The van der Waals surface area contributed by atoms with Crippen LogP contribution in [0.4, 0.5) is 0 Å². The lowest BCUT2D eigenvalue weighted by Gasteiger charge is -2.10. The molecule has 3 heteroatoms. The predicted molar refractivity (Wildman–Crippen MR) is 52.9 cm³/mol. The largest absolute Gasteiger partial charge is 0.274 e. The van der Waals surface area contributed by atoms with Crippen LogP contribution in [0.2, 0.25) is 0 Å². The van der Waals surface area contributed by atoms with E-state index in [1.54, 1.807) is 7.05 Å². The van der Waals surface area contributed by atoms with Crippen molar-refractivity contribution in [2.45, 2.75) is 13.3 Å². The number of hydrogen-bond donors (Lipinski definition) is 0. The van der Waals surface area contributed by atoms with Crippen LogP contribution < -0.4 is 0 Å². The summed E-state index contributed by atoms with van der Waals surface area (Å²) >= 11 is 0. The van der Waals surface area contributed by atoms with Crippen LogP contribution in [0.3, 0.4) is 0 Å². The molecule has 0 N–H and O–H groups in total. The number of amides is 1. The van der Waals surface area contributed by atoms with E-state index in [-0.39, 0.29) is 5.91 Å². The number of likely N-dealkylation sites (N-methyl/N-ethyl adjacent to an activating group) is 1. The Labute approximate surface area is 79.6 Å². The molecule has 0 aliphatic heterocycles. The van der Waals surface area contributed by atoms with E-state index in [9.17, 15) is 4.79 Å². The van der Waals surface area contributed by atoms with Gasteiger partial charge in [-0.15, -0.1) is 6.58 Å². The summed E-state index contributed by atoms with van der Waals surface area (Å²) in [4.78, 5) is 15.9. The Morgan fingerprint density at radius 3 is 2.77 bits per heavy atom. The Morgan fingerprint density at radius 1 is 1.69 bits per heavy atom. The summed E-state index contributed by atoms with van der Waals surface area (Å²) < 4.78 is 0. The van der Waals surface area contributed by atoms with Gasteiger partial charge >= 0.3 is 0 Å². The fraction of sp³-hybridized carbons (Fsp3) is 0.500. The van der Waals surface area contributed by atoms with Gasteiger partial charge in [-0.05, 0) is 12.3 Å². The number of hydrogen-bond acceptors (Lipinski definition) is 2. The Hall–Kier alpha value is -1.09. The second kappa shape index (κ2) is 6.43. The molecule has 0 bridgehead atoms. The first kappa shape index (κ1) is 11.9. The summed E-state index contributed by atoms with van der Waals surface area (Å²) in [6.07, 6.45) is 6.07. The standard InChI is InChI=1S/C10H17NO2/c1-5-6-9(2)7-8-10(12)11(3)13-4/h5,7-9H,1,6H2,2-4H3. The minimum absolute atomic E-state index is 0.154. The normalized spacial score (nSPS) is 12.8. The van der Waals surface area contributed by atoms with Gasteiger partial charge in [-0.3, -0.25) is 9.63 Å². The Morgan fingerprint density at radius 2 is 2.31 bits per heavy atom. The van der Waals surface area contributed by atoms with Gasteiger partial charge in [0.2, 0.25) is 0 Å². The van der Waals surface area contributed by atoms with Gasteiger partial charge in [-0.25, -0.2) is 5.06 Å². The first-order valence-electron chi connectivity index (χ1n) is 4.22. The number of carbonyl (C=O) groups is 1. The quantitative estimate of drug-likeness (QED) is 0.369. The summed E-state index contributed by atoms with van der Waals surface area (Å²) in [7, 11) is 3.03. The monoisotopic (exact) mass is 183 g/mol. The average Bonchev–Trinajstić information content (AvgIpc) is 2.13. The highest BCUT2D eigenvalue weighted by Crippen LogP contribution is 2.03. The summed E-state index contributed by atoms with van der Waals surface area (Å²) in [5.74, 6) is 0.185. The van der Waals surface area contributed by atoms with E-state index in [2.05, 4.69) is 6.58 Å². The third-order valence-electron chi connectivity index (χ3n) is 1.69. The van der Waals surface area contributed by atoms with Crippen LogP contribution in [-0.4, -0.2) is 25.1 Å². The van der Waals surface area contributed by atoms with Crippen LogP contribution in [0, 0.1) is 5.92 Å². The van der Waals surface area contributed by atoms with Crippen molar-refractivity contribution in [1.29, 1.82) is 0 Å². The lowest BCUT2D eigenvalue weighted by Crippen LogP contribution is -2.23. The molecule has 0 heterocycles. The predicted octanol–water partition coefficient (Wildman–Crippen LogP) is 1.77. The molecule has 0 aliphatic carbocycles. The topological polar surface area (TPSA) is 29.5 Å². The molecule has 0 fully saturated rings. The maximum absolute atomic E-state index is 11.2. The lowest BCUT2D eigenvalue weighted by atomic mass is 10.1. The molecule has 0 aliphatic rings. The second-order valence-electron chi connectivity index (χ2n) is 2.88. The highest BCUT2D eigenvalue weighted by Gasteiger charge is 2.02. The van der Waals surface area contributed by atoms with Crippen molar-refractivity contribution in [1.82, 2.24) is 5.06 Å². The Kier molecular flexibility index (Phi) is 5.89. The zero-order valence-electron chi connectivity index (χ0n) is 8.49. The number of allylic oxidation sites excluding steroid dienone is 2. The van der Waals surface area contributed by atoms with Crippen LogP contribution in [-0.2, 0) is 9.63 Å². The van der Waals surface area contributed by atoms with Crippen molar-refractivity contribution in [2.24, 2.45) is 5.92 Å². The van der Waals surface area contributed by atoms with Crippen LogP contribution in [0.15, 0.2) is 24.8 Å². The van der Waals surface area contributed by atoms with Gasteiger partial charge in [0.05, 0.1) is 7.11 Å². The molecule has 1 unspecified atom stereocenters. The van der Waals surface area contributed by atoms with E-state index in [1.807, 2.05) is 19.1 Å². The molecular weight excluding hydrogens is 166 g/mol. The molecule has 1 amide bonds. The molecule has 1 atom stereocenters. The van der Waals surface area contributed by atoms with Gasteiger partial charge in [0.1, 0.15) is 0 Å². The minimum atomic E-state index is -0.154. The van der Waals surface area contributed by atoms with Crippen molar-refractivity contribution in [3.63, 3.8) is 0 Å². The average molecular weight is 183 g/mol. The number of carbonyl (C=O) groups excluding carboxylic acids is 1. The van der Waals surface area contributed by atoms with Gasteiger partial charge in [0.15, 0.2) is 0 Å². The van der Waals surface area contributed by atoms with Gasteiger partial charge in [-0.2, -0.15) is 0 Å². The van der Waals surface area contributed by atoms with Crippen LogP contribution >= 0.6 is 0 Å². The fourth-order valence-corrected chi connectivity index (χ4v) is 0.783. The third-order valence-corrected chi connectivity index (χ3v) is 1.69. The van der Waals surface area contributed by atoms with Crippen LogP contribution in [0.25, 0.3) is 0 Å². The van der Waals surface area contributed by atoms with Crippen molar-refractivity contribution < 1.29 is 9.63 Å². The lowest BCUT2D eigenvalue weighted by molar-refractivity contribution is -0.162. The van der Waals surface area contributed by atoms with Crippen LogP contribution in [0.1, 0.15) is 13.3 Å². The van der Waals surface area contributed by atoms with Gasteiger partial charge in [0, 0.05) is 13.1 Å². The van der Waals surface area contributed by atoms with Crippen LogP contribution in [0.5, 0.6) is 0 Å². The molecule has 0 aromatic heterocycles. The Bertz CT molecular complexity index is 199. The molecule has 13 heavy (non-hydrogen) atoms. The Balaban J connectivity index is 3.95. The molecule has 0 aromatic carbocycles. The van der Waals surface area contributed by atoms with Crippen molar-refractivity contribution >= 4 is 5.91 Å². The summed E-state index contributed by atoms with van der Waals surface area (Å²) in [6, 6.07) is 0. The molecule has 0 saturated heterocycles. The molecule has 74 valence electrons. The van der Waals surface area contributed by atoms with E-state index in [0.29, 0.717) is 5.92 Å². The van der Waals surface area contributed by atoms with Gasteiger partial charge < -0.3 is 0 Å². The zero-order chi connectivity index (χ0) is 10.3. The minimum Gasteiger partial charge on any atom is -0.274 e. The van der Waals surface area contributed by atoms with Crippen molar-refractivity contribution in [2.75, 3.05) is 14.2 Å². The first-order chi connectivity index (χ1) is 6.11. The van der Waals surface area contributed by atoms with E-state index in [1.165, 1.54) is 18.2 Å². The van der Waals surface area contributed by atoms with Gasteiger partial charge in [-0.1, -0.05) is 19.1 Å². The number of rotatable bonds is 5. The first-order valence-corrected chi connectivity index (χ1v) is 4.22. The number of hydroxylamine groups is 2. The molecular formula is C10H17NO2. The van der Waals surface area contributed by atoms with Crippen molar-refractivity contribution in [3.05, 3.63) is 24.8 Å². The molecule has 0 aromatic rings. The summed E-state index contributed by atoms with van der Waals surface area (Å²) in [5, 5.41) is 1.18. The maximum atomic E-state index is 11.2. The molecule has 0 radical (unpaired) electrons. The van der Waals surface area contributed by atoms with Crippen molar-refractivity contribution in [3.8, 4) is 0 Å². The highest BCUT2D eigenvalue weighted by atomic mass is 16.7. The maximum Gasteiger partial charge on any atom is 0.269 e. The SMILES string of the molecule is C=CCC(C)C=CC(=O)N(C)OC. The van der Waals surface area contributed by atoms with E-state index < -0.39 is 0 Å². The fourth-order valence-electron chi connectivity index (χ4n) is 0.783.